The minimum absolute atomic E-state index is 0.185. The van der Waals surface area contributed by atoms with Crippen LogP contribution in [-0.4, -0.2) is 27.3 Å². The fourth-order valence-corrected chi connectivity index (χ4v) is 3.41. The molecule has 176 valence electrons. The van der Waals surface area contributed by atoms with Crippen molar-refractivity contribution in [3.05, 3.63) is 107 Å². The van der Waals surface area contributed by atoms with Gasteiger partial charge in [-0.25, -0.2) is 4.98 Å². The van der Waals surface area contributed by atoms with Gasteiger partial charge in [-0.1, -0.05) is 48.6 Å². The molecule has 1 amide bonds. The fraction of sp³-hybridized carbons (Fsp3) is 0.222. The Labute approximate surface area is 200 Å². The number of carbonyl (C=O) groups is 1. The molecule has 2 heterocycles. The highest BCUT2D eigenvalue weighted by molar-refractivity contribution is 5.93. The van der Waals surface area contributed by atoms with E-state index in [0.717, 1.165) is 33.7 Å². The summed E-state index contributed by atoms with van der Waals surface area (Å²) in [5.41, 5.74) is 11.1. The number of pyridine rings is 1. The number of amides is 1. The first kappa shape index (κ1) is 24.5. The monoisotopic (exact) mass is 457 g/mol. The lowest BCUT2D eigenvalue weighted by Gasteiger charge is -2.11. The van der Waals surface area contributed by atoms with Crippen molar-refractivity contribution in [2.45, 2.75) is 33.9 Å². The van der Waals surface area contributed by atoms with Crippen molar-refractivity contribution in [1.82, 2.24) is 20.1 Å². The average molecular weight is 458 g/mol. The zero-order valence-electron chi connectivity index (χ0n) is 19.9. The molecule has 0 saturated heterocycles. The number of carbonyl (C=O) groups excluding carboxylic acids is 1. The second kappa shape index (κ2) is 11.7. The number of rotatable bonds is 10. The number of nitrogens with one attached hydrogen (secondary N) is 1. The highest BCUT2D eigenvalue weighted by Crippen LogP contribution is 2.15. The van der Waals surface area contributed by atoms with Gasteiger partial charge in [-0.15, -0.1) is 0 Å². The molecule has 0 bridgehead atoms. The Morgan fingerprint density at radius 1 is 1.24 bits per heavy atom. The fourth-order valence-electron chi connectivity index (χ4n) is 3.41. The number of anilines is 1. The van der Waals surface area contributed by atoms with Crippen molar-refractivity contribution in [3.8, 4) is 5.75 Å². The lowest BCUT2D eigenvalue weighted by Crippen LogP contribution is -2.23. The molecule has 2 aromatic heterocycles. The number of aromatic nitrogens is 3. The number of ether oxygens (including phenoxy) is 1. The molecule has 0 radical (unpaired) electrons. The summed E-state index contributed by atoms with van der Waals surface area (Å²) in [6.07, 6.45) is 9.08. The Bertz CT molecular complexity index is 1190. The van der Waals surface area contributed by atoms with Crippen molar-refractivity contribution < 1.29 is 9.53 Å². The number of nitrogens with two attached hydrogens (primary N) is 1. The number of aryl methyl sites for hydroxylation is 2. The molecule has 7 nitrogen and oxygen atoms in total. The van der Waals surface area contributed by atoms with E-state index >= 15 is 0 Å². The molecule has 34 heavy (non-hydrogen) atoms. The number of nitrogens with zero attached hydrogens (tertiary/aromatic N) is 3. The molecule has 7 heteroatoms. The summed E-state index contributed by atoms with van der Waals surface area (Å²) in [6.45, 7) is 11.1. The van der Waals surface area contributed by atoms with Gasteiger partial charge < -0.3 is 15.8 Å². The number of hydrogen-bond donors (Lipinski definition) is 2. The molecule has 0 atom stereocenters. The largest absolute Gasteiger partial charge is 0.489 e. The summed E-state index contributed by atoms with van der Waals surface area (Å²) >= 11 is 0. The Kier molecular flexibility index (Phi) is 8.40. The van der Waals surface area contributed by atoms with E-state index in [4.69, 9.17) is 10.5 Å². The van der Waals surface area contributed by atoms with Crippen LogP contribution in [0, 0.1) is 13.8 Å². The van der Waals surface area contributed by atoms with Crippen molar-refractivity contribution in [1.29, 1.82) is 0 Å². The van der Waals surface area contributed by atoms with Crippen LogP contribution in [0.4, 0.5) is 5.82 Å². The third kappa shape index (κ3) is 6.93. The van der Waals surface area contributed by atoms with Crippen molar-refractivity contribution in [2.75, 3.05) is 12.3 Å². The lowest BCUT2D eigenvalue weighted by molar-refractivity contribution is 0.0950. The number of hydrogen-bond acceptors (Lipinski definition) is 5. The van der Waals surface area contributed by atoms with Crippen LogP contribution in [0.2, 0.25) is 0 Å². The topological polar surface area (TPSA) is 95.1 Å². The highest BCUT2D eigenvalue weighted by Gasteiger charge is 2.11. The first-order valence-electron chi connectivity index (χ1n) is 11.1. The molecule has 3 rings (SSSR count). The van der Waals surface area contributed by atoms with E-state index in [9.17, 15) is 4.79 Å². The maximum absolute atomic E-state index is 12.6. The number of para-hydroxylation sites is 1. The van der Waals surface area contributed by atoms with Gasteiger partial charge in [-0.2, -0.15) is 5.10 Å². The summed E-state index contributed by atoms with van der Waals surface area (Å²) in [4.78, 5) is 16.9. The van der Waals surface area contributed by atoms with E-state index in [1.807, 2.05) is 69.3 Å². The highest BCUT2D eigenvalue weighted by atomic mass is 16.5. The summed E-state index contributed by atoms with van der Waals surface area (Å²) in [7, 11) is 0. The molecule has 0 saturated carbocycles. The third-order valence-electron chi connectivity index (χ3n) is 5.30. The van der Waals surface area contributed by atoms with Crippen LogP contribution in [0.15, 0.2) is 84.7 Å². The minimum Gasteiger partial charge on any atom is -0.489 e. The minimum atomic E-state index is -0.185. The second-order valence-electron chi connectivity index (χ2n) is 8.10. The molecule has 3 N–H and O–H groups in total. The molecule has 0 aliphatic carbocycles. The van der Waals surface area contributed by atoms with Gasteiger partial charge in [0.1, 0.15) is 18.2 Å². The molecular weight excluding hydrogens is 426 g/mol. The van der Waals surface area contributed by atoms with Crippen molar-refractivity contribution >= 4 is 11.7 Å². The summed E-state index contributed by atoms with van der Waals surface area (Å²) in [5.74, 6) is 1.11. The van der Waals surface area contributed by atoms with Gasteiger partial charge in [0, 0.05) is 18.4 Å². The standard InChI is InChI=1S/C27H31N5O2/c1-5-22(18-34-24-9-7-6-8-10-24)12-11-19(2)16-32-17-23(14-30-32)27(33)29-15-25-20(3)13-26(28)31-21(25)4/h5-14,17H,1,15-16,18H2,2-4H3,(H2,28,31)(H,29,33)/b19-11+,22-12+. The van der Waals surface area contributed by atoms with Crippen LogP contribution >= 0.6 is 0 Å². The van der Waals surface area contributed by atoms with Gasteiger partial charge in [-0.3, -0.25) is 9.48 Å². The van der Waals surface area contributed by atoms with E-state index in [2.05, 4.69) is 22.0 Å². The van der Waals surface area contributed by atoms with Gasteiger partial charge in [0.05, 0.1) is 18.3 Å². The number of benzene rings is 1. The molecule has 0 spiro atoms. The zero-order chi connectivity index (χ0) is 24.5. The first-order valence-corrected chi connectivity index (χ1v) is 11.1. The molecule has 0 aliphatic rings. The molecule has 0 aliphatic heterocycles. The van der Waals surface area contributed by atoms with Crippen LogP contribution in [0.1, 0.15) is 34.1 Å². The second-order valence-corrected chi connectivity index (χ2v) is 8.10. The summed E-state index contributed by atoms with van der Waals surface area (Å²) in [5, 5.41) is 7.26. The summed E-state index contributed by atoms with van der Waals surface area (Å²) in [6, 6.07) is 11.5. The van der Waals surface area contributed by atoms with Crippen LogP contribution in [0.25, 0.3) is 0 Å². The van der Waals surface area contributed by atoms with Crippen LogP contribution in [-0.2, 0) is 13.1 Å². The Morgan fingerprint density at radius 2 is 2.00 bits per heavy atom. The maximum atomic E-state index is 12.6. The molecular formula is C27H31N5O2. The van der Waals surface area contributed by atoms with E-state index in [0.29, 0.717) is 31.1 Å². The Hall–Kier alpha value is -4.13. The maximum Gasteiger partial charge on any atom is 0.254 e. The predicted octanol–water partition coefficient (Wildman–Crippen LogP) is 4.54. The van der Waals surface area contributed by atoms with E-state index in [1.54, 1.807) is 23.2 Å². The first-order chi connectivity index (χ1) is 16.4. The van der Waals surface area contributed by atoms with Gasteiger partial charge >= 0.3 is 0 Å². The normalized spacial score (nSPS) is 11.9. The Morgan fingerprint density at radius 3 is 2.71 bits per heavy atom. The number of allylic oxidation sites excluding steroid dienone is 3. The Balaban J connectivity index is 1.55. The lowest BCUT2D eigenvalue weighted by atomic mass is 10.1. The van der Waals surface area contributed by atoms with Gasteiger partial charge in [-0.05, 0) is 55.7 Å². The smallest absolute Gasteiger partial charge is 0.254 e. The number of nitrogen functional groups attached to an aromatic ring is 1. The SMILES string of the molecule is C=C/C(=C\C=C(/C)Cn1cc(C(=O)NCc2c(C)cc(N)nc2C)cn1)COc1ccccc1. The van der Waals surface area contributed by atoms with Crippen molar-refractivity contribution in [3.63, 3.8) is 0 Å². The predicted molar refractivity (Wildman–Crippen MR) is 135 cm³/mol. The van der Waals surface area contributed by atoms with Crippen LogP contribution in [0.5, 0.6) is 5.75 Å². The average Bonchev–Trinajstić information content (AvgIpc) is 3.27. The van der Waals surface area contributed by atoms with Gasteiger partial charge in [0.15, 0.2) is 0 Å². The molecule has 3 aromatic rings. The van der Waals surface area contributed by atoms with Gasteiger partial charge in [0.2, 0.25) is 0 Å². The van der Waals surface area contributed by atoms with E-state index in [-0.39, 0.29) is 5.91 Å². The van der Waals surface area contributed by atoms with Crippen molar-refractivity contribution in [2.24, 2.45) is 0 Å². The zero-order valence-corrected chi connectivity index (χ0v) is 19.9. The van der Waals surface area contributed by atoms with E-state index in [1.165, 1.54) is 0 Å². The van der Waals surface area contributed by atoms with Crippen LogP contribution in [0.3, 0.4) is 0 Å². The van der Waals surface area contributed by atoms with Gasteiger partial charge in [0.25, 0.3) is 5.91 Å². The quantitative estimate of drug-likeness (QED) is 0.436. The third-order valence-corrected chi connectivity index (χ3v) is 5.30. The van der Waals surface area contributed by atoms with Crippen LogP contribution < -0.4 is 15.8 Å². The van der Waals surface area contributed by atoms with E-state index < -0.39 is 0 Å². The molecule has 1 aromatic carbocycles. The summed E-state index contributed by atoms with van der Waals surface area (Å²) < 4.78 is 7.51. The molecule has 0 fully saturated rings. The molecule has 0 unspecified atom stereocenters.